The van der Waals surface area contributed by atoms with Crippen LogP contribution in [0, 0.1) is 0 Å². The van der Waals surface area contributed by atoms with E-state index in [2.05, 4.69) is 22.5 Å². The van der Waals surface area contributed by atoms with E-state index < -0.39 is 0 Å². The van der Waals surface area contributed by atoms with Gasteiger partial charge in [0.05, 0.1) is 0 Å². The average molecular weight is 249 g/mol. The number of hydrogen-bond acceptors (Lipinski definition) is 3. The van der Waals surface area contributed by atoms with Crippen molar-refractivity contribution in [2.45, 2.75) is 39.5 Å². The number of unbranched alkanes of at least 4 members (excludes halogenated alkanes) is 3. The van der Waals surface area contributed by atoms with E-state index >= 15 is 0 Å². The van der Waals surface area contributed by atoms with Crippen LogP contribution in [0.5, 0.6) is 0 Å². The molecule has 1 aromatic heterocycles. The topological polar surface area (TPSA) is 54.0 Å². The summed E-state index contributed by atoms with van der Waals surface area (Å²) in [4.78, 5) is 16.1. The molecule has 1 rings (SSSR count). The molecular formula is C14H23N3O. The fraction of sp³-hybridized carbons (Fsp3) is 0.571. The first kappa shape index (κ1) is 14.5. The van der Waals surface area contributed by atoms with E-state index in [1.807, 2.05) is 19.1 Å². The summed E-state index contributed by atoms with van der Waals surface area (Å²) in [6, 6.07) is 5.45. The summed E-state index contributed by atoms with van der Waals surface area (Å²) < 4.78 is 0. The minimum atomic E-state index is -0.0914. The van der Waals surface area contributed by atoms with Gasteiger partial charge in [-0.25, -0.2) is 4.98 Å². The van der Waals surface area contributed by atoms with Crippen molar-refractivity contribution >= 4 is 11.7 Å². The van der Waals surface area contributed by atoms with Crippen LogP contribution in [0.2, 0.25) is 0 Å². The molecule has 0 saturated heterocycles. The maximum atomic E-state index is 11.8. The monoisotopic (exact) mass is 249 g/mol. The second-order valence-electron chi connectivity index (χ2n) is 4.25. The quantitative estimate of drug-likeness (QED) is 0.697. The molecule has 0 radical (unpaired) electrons. The van der Waals surface area contributed by atoms with Gasteiger partial charge in [0.1, 0.15) is 11.5 Å². The standard InChI is InChI=1S/C14H23N3O/c1-3-5-6-7-11-16-14(18)12-9-8-10-13(17-12)15-4-2/h8-10H,3-7,11H2,1-2H3,(H,15,17)(H,16,18). The largest absolute Gasteiger partial charge is 0.370 e. The van der Waals surface area contributed by atoms with E-state index in [9.17, 15) is 4.79 Å². The Morgan fingerprint density at radius 2 is 2.06 bits per heavy atom. The second kappa shape index (κ2) is 8.50. The van der Waals surface area contributed by atoms with Crippen LogP contribution >= 0.6 is 0 Å². The number of nitrogens with one attached hydrogen (secondary N) is 2. The van der Waals surface area contributed by atoms with Gasteiger partial charge in [-0.05, 0) is 25.5 Å². The lowest BCUT2D eigenvalue weighted by Gasteiger charge is -2.06. The van der Waals surface area contributed by atoms with Gasteiger partial charge >= 0.3 is 0 Å². The summed E-state index contributed by atoms with van der Waals surface area (Å²) in [5.41, 5.74) is 0.476. The molecule has 1 amide bonds. The van der Waals surface area contributed by atoms with Crippen molar-refractivity contribution in [1.29, 1.82) is 0 Å². The van der Waals surface area contributed by atoms with E-state index in [1.165, 1.54) is 19.3 Å². The van der Waals surface area contributed by atoms with Gasteiger partial charge in [-0.3, -0.25) is 4.79 Å². The van der Waals surface area contributed by atoms with Crippen LogP contribution < -0.4 is 10.6 Å². The van der Waals surface area contributed by atoms with Gasteiger partial charge in [0, 0.05) is 13.1 Å². The van der Waals surface area contributed by atoms with Crippen molar-refractivity contribution in [2.24, 2.45) is 0 Å². The fourth-order valence-electron chi connectivity index (χ4n) is 1.68. The number of aromatic nitrogens is 1. The average Bonchev–Trinajstić information content (AvgIpc) is 2.39. The van der Waals surface area contributed by atoms with Crippen molar-refractivity contribution < 1.29 is 4.79 Å². The van der Waals surface area contributed by atoms with Gasteiger partial charge in [0.15, 0.2) is 0 Å². The summed E-state index contributed by atoms with van der Waals surface area (Å²) in [6.45, 7) is 5.71. The Labute approximate surface area is 109 Å². The number of anilines is 1. The zero-order chi connectivity index (χ0) is 13.2. The van der Waals surface area contributed by atoms with E-state index in [0.717, 1.165) is 25.3 Å². The Morgan fingerprint density at radius 3 is 2.78 bits per heavy atom. The molecule has 4 nitrogen and oxygen atoms in total. The Kier molecular flexibility index (Phi) is 6.84. The molecule has 2 N–H and O–H groups in total. The number of hydrogen-bond donors (Lipinski definition) is 2. The Bertz CT molecular complexity index is 366. The van der Waals surface area contributed by atoms with E-state index in [0.29, 0.717) is 5.69 Å². The highest BCUT2D eigenvalue weighted by Gasteiger charge is 2.06. The van der Waals surface area contributed by atoms with Gasteiger partial charge in [-0.15, -0.1) is 0 Å². The van der Waals surface area contributed by atoms with Crippen LogP contribution in [-0.4, -0.2) is 24.0 Å². The third kappa shape index (κ3) is 5.17. The fourth-order valence-corrected chi connectivity index (χ4v) is 1.68. The Balaban J connectivity index is 2.38. The van der Waals surface area contributed by atoms with Crippen LogP contribution in [0.25, 0.3) is 0 Å². The zero-order valence-corrected chi connectivity index (χ0v) is 11.3. The van der Waals surface area contributed by atoms with Crippen molar-refractivity contribution in [2.75, 3.05) is 18.4 Å². The minimum Gasteiger partial charge on any atom is -0.370 e. The highest BCUT2D eigenvalue weighted by molar-refractivity contribution is 5.92. The lowest BCUT2D eigenvalue weighted by Crippen LogP contribution is -2.25. The molecule has 0 aliphatic rings. The number of carbonyl (C=O) groups is 1. The molecule has 0 aliphatic heterocycles. The number of carbonyl (C=O) groups excluding carboxylic acids is 1. The van der Waals surface area contributed by atoms with E-state index in [4.69, 9.17) is 0 Å². The first-order valence-electron chi connectivity index (χ1n) is 6.77. The molecule has 0 bridgehead atoms. The third-order valence-electron chi connectivity index (χ3n) is 2.66. The van der Waals surface area contributed by atoms with Crippen LogP contribution in [0.15, 0.2) is 18.2 Å². The first-order chi connectivity index (χ1) is 8.77. The minimum absolute atomic E-state index is 0.0914. The summed E-state index contributed by atoms with van der Waals surface area (Å²) in [5.74, 6) is 0.655. The lowest BCUT2D eigenvalue weighted by molar-refractivity contribution is 0.0948. The molecule has 0 spiro atoms. The molecule has 0 unspecified atom stereocenters. The molecule has 0 saturated carbocycles. The molecule has 18 heavy (non-hydrogen) atoms. The lowest BCUT2D eigenvalue weighted by atomic mass is 10.2. The molecule has 0 aliphatic carbocycles. The predicted molar refractivity (Wildman–Crippen MR) is 74.9 cm³/mol. The number of pyridine rings is 1. The Hall–Kier alpha value is -1.58. The summed E-state index contributed by atoms with van der Waals surface area (Å²) in [5, 5.41) is 5.99. The summed E-state index contributed by atoms with van der Waals surface area (Å²) in [7, 11) is 0. The molecule has 100 valence electrons. The second-order valence-corrected chi connectivity index (χ2v) is 4.25. The molecular weight excluding hydrogens is 226 g/mol. The predicted octanol–water partition coefficient (Wildman–Crippen LogP) is 2.82. The molecule has 4 heteroatoms. The smallest absolute Gasteiger partial charge is 0.269 e. The third-order valence-corrected chi connectivity index (χ3v) is 2.66. The SMILES string of the molecule is CCCCCCNC(=O)c1cccc(NCC)n1. The number of nitrogens with zero attached hydrogens (tertiary/aromatic N) is 1. The maximum Gasteiger partial charge on any atom is 0.269 e. The van der Waals surface area contributed by atoms with Gasteiger partial charge in [0.25, 0.3) is 5.91 Å². The Morgan fingerprint density at radius 1 is 1.22 bits per heavy atom. The van der Waals surface area contributed by atoms with Gasteiger partial charge < -0.3 is 10.6 Å². The molecule has 1 aromatic rings. The highest BCUT2D eigenvalue weighted by Crippen LogP contribution is 2.04. The molecule has 0 atom stereocenters. The van der Waals surface area contributed by atoms with Gasteiger partial charge in [-0.2, -0.15) is 0 Å². The van der Waals surface area contributed by atoms with Crippen LogP contribution in [0.4, 0.5) is 5.82 Å². The molecule has 1 heterocycles. The van der Waals surface area contributed by atoms with Crippen molar-refractivity contribution in [3.63, 3.8) is 0 Å². The molecule has 0 fully saturated rings. The van der Waals surface area contributed by atoms with Crippen LogP contribution in [-0.2, 0) is 0 Å². The van der Waals surface area contributed by atoms with E-state index in [1.54, 1.807) is 6.07 Å². The number of amides is 1. The zero-order valence-electron chi connectivity index (χ0n) is 11.3. The van der Waals surface area contributed by atoms with Crippen molar-refractivity contribution in [1.82, 2.24) is 10.3 Å². The number of rotatable bonds is 8. The van der Waals surface area contributed by atoms with Crippen molar-refractivity contribution in [3.8, 4) is 0 Å². The van der Waals surface area contributed by atoms with Crippen LogP contribution in [0.3, 0.4) is 0 Å². The maximum absolute atomic E-state index is 11.8. The van der Waals surface area contributed by atoms with E-state index in [-0.39, 0.29) is 5.91 Å². The van der Waals surface area contributed by atoms with Crippen LogP contribution in [0.1, 0.15) is 50.0 Å². The highest BCUT2D eigenvalue weighted by atomic mass is 16.1. The van der Waals surface area contributed by atoms with Crippen molar-refractivity contribution in [3.05, 3.63) is 23.9 Å². The first-order valence-corrected chi connectivity index (χ1v) is 6.77. The van der Waals surface area contributed by atoms with Gasteiger partial charge in [0.2, 0.25) is 0 Å². The normalized spacial score (nSPS) is 10.1. The summed E-state index contributed by atoms with van der Waals surface area (Å²) in [6.07, 6.45) is 4.64. The molecule has 0 aromatic carbocycles. The summed E-state index contributed by atoms with van der Waals surface area (Å²) >= 11 is 0. The van der Waals surface area contributed by atoms with Gasteiger partial charge in [-0.1, -0.05) is 32.3 Å².